The molecule has 3 aromatic rings. The minimum atomic E-state index is -0.898. The number of aromatic nitrogens is 2. The lowest BCUT2D eigenvalue weighted by atomic mass is 10.0. The molecule has 0 radical (unpaired) electrons. The minimum absolute atomic E-state index is 0.237. The van der Waals surface area contributed by atoms with E-state index in [1.165, 1.54) is 5.56 Å². The largest absolute Gasteiger partial charge is 0.387 e. The zero-order valence-corrected chi connectivity index (χ0v) is 16.9. The van der Waals surface area contributed by atoms with Gasteiger partial charge in [-0.25, -0.2) is 9.78 Å². The third-order valence-electron chi connectivity index (χ3n) is 5.46. The lowest BCUT2D eigenvalue weighted by molar-refractivity contribution is 0.0275. The van der Waals surface area contributed by atoms with Crippen molar-refractivity contribution in [3.8, 4) is 0 Å². The van der Waals surface area contributed by atoms with Crippen molar-refractivity contribution in [1.29, 1.82) is 0 Å². The summed E-state index contributed by atoms with van der Waals surface area (Å²) in [7, 11) is 1.72. The normalized spacial score (nSPS) is 19.6. The fourth-order valence-electron chi connectivity index (χ4n) is 4.05. The highest BCUT2D eigenvalue weighted by Crippen LogP contribution is 2.24. The Labute approximate surface area is 170 Å². The number of imidazole rings is 1. The Morgan fingerprint density at radius 2 is 2.14 bits per heavy atom. The van der Waals surface area contributed by atoms with Crippen LogP contribution in [0.1, 0.15) is 17.5 Å². The number of carbonyl (C=O) groups is 1. The molecular weight excluding hydrogens is 366 g/mol. The third-order valence-corrected chi connectivity index (χ3v) is 5.46. The van der Waals surface area contributed by atoms with Gasteiger partial charge in [0.25, 0.3) is 0 Å². The predicted molar refractivity (Wildman–Crippen MR) is 113 cm³/mol. The Morgan fingerprint density at radius 1 is 1.34 bits per heavy atom. The second-order valence-corrected chi connectivity index (χ2v) is 8.03. The van der Waals surface area contributed by atoms with Gasteiger partial charge in [0, 0.05) is 45.3 Å². The molecule has 1 atom stereocenters. The Kier molecular flexibility index (Phi) is 5.25. The van der Waals surface area contributed by atoms with Crippen LogP contribution in [0.15, 0.2) is 55.0 Å². The number of likely N-dealkylation sites (tertiary alicyclic amines) is 1. The maximum Gasteiger partial charge on any atom is 0.321 e. The number of amides is 2. The molecule has 0 spiro atoms. The van der Waals surface area contributed by atoms with Crippen LogP contribution in [0.4, 0.5) is 10.5 Å². The number of rotatable bonds is 5. The van der Waals surface area contributed by atoms with E-state index in [-0.39, 0.29) is 12.6 Å². The highest BCUT2D eigenvalue weighted by atomic mass is 16.3. The van der Waals surface area contributed by atoms with Gasteiger partial charge in [-0.3, -0.25) is 4.90 Å². The molecule has 2 amide bonds. The predicted octanol–water partition coefficient (Wildman–Crippen LogP) is 2.74. The van der Waals surface area contributed by atoms with Crippen LogP contribution in [-0.4, -0.2) is 62.6 Å². The summed E-state index contributed by atoms with van der Waals surface area (Å²) < 4.78 is 1.89. The number of likely N-dealkylation sites (N-methyl/N-ethyl adjacent to an activating group) is 1. The van der Waals surface area contributed by atoms with Crippen molar-refractivity contribution < 1.29 is 9.90 Å². The molecule has 7 heteroatoms. The molecule has 1 unspecified atom stereocenters. The summed E-state index contributed by atoms with van der Waals surface area (Å²) in [6, 6.07) is 11.9. The van der Waals surface area contributed by atoms with Gasteiger partial charge >= 0.3 is 6.03 Å². The van der Waals surface area contributed by atoms with E-state index in [2.05, 4.69) is 27.3 Å². The molecule has 29 heavy (non-hydrogen) atoms. The van der Waals surface area contributed by atoms with Gasteiger partial charge in [0.2, 0.25) is 0 Å². The molecule has 1 saturated heterocycles. The second kappa shape index (κ2) is 7.85. The van der Waals surface area contributed by atoms with E-state index in [1.807, 2.05) is 48.0 Å². The summed E-state index contributed by atoms with van der Waals surface area (Å²) in [5.74, 6) is 0. The monoisotopic (exact) mass is 393 g/mol. The molecule has 0 saturated carbocycles. The van der Waals surface area contributed by atoms with E-state index in [4.69, 9.17) is 0 Å². The molecule has 2 aromatic heterocycles. The van der Waals surface area contributed by atoms with Crippen molar-refractivity contribution in [2.45, 2.75) is 25.5 Å². The molecule has 3 heterocycles. The highest BCUT2D eigenvalue weighted by Gasteiger charge is 2.37. The number of hydrogen-bond donors (Lipinski definition) is 2. The molecule has 1 aliphatic heterocycles. The zero-order chi connectivity index (χ0) is 20.4. The van der Waals surface area contributed by atoms with E-state index in [0.717, 1.165) is 24.3 Å². The number of benzene rings is 1. The summed E-state index contributed by atoms with van der Waals surface area (Å²) in [6.45, 7) is 4.43. The van der Waals surface area contributed by atoms with Gasteiger partial charge in [-0.05, 0) is 30.5 Å². The number of nitrogens with one attached hydrogen (secondary N) is 1. The second-order valence-electron chi connectivity index (χ2n) is 8.03. The molecule has 1 aliphatic rings. The Hall–Kier alpha value is -2.90. The Bertz CT molecular complexity index is 1000. The first kappa shape index (κ1) is 19.4. The number of hydrogen-bond acceptors (Lipinski definition) is 4. The summed E-state index contributed by atoms with van der Waals surface area (Å²) in [5, 5.41) is 13.9. The molecule has 2 N–H and O–H groups in total. The van der Waals surface area contributed by atoms with Gasteiger partial charge in [-0.2, -0.15) is 0 Å². The van der Waals surface area contributed by atoms with Crippen LogP contribution >= 0.6 is 0 Å². The summed E-state index contributed by atoms with van der Waals surface area (Å²) in [5.41, 5.74) is 2.89. The number of carbonyl (C=O) groups excluding carboxylic acids is 1. The van der Waals surface area contributed by atoms with Crippen LogP contribution in [0.25, 0.3) is 5.65 Å². The number of aryl methyl sites for hydroxylation is 1. The first-order chi connectivity index (χ1) is 13.9. The average molecular weight is 393 g/mol. The fourth-order valence-corrected chi connectivity index (χ4v) is 4.05. The number of pyridine rings is 1. The van der Waals surface area contributed by atoms with Crippen LogP contribution in [0, 0.1) is 6.92 Å². The maximum atomic E-state index is 12.7. The van der Waals surface area contributed by atoms with Crippen molar-refractivity contribution in [3.63, 3.8) is 0 Å². The number of aliphatic hydroxyl groups is 1. The molecule has 1 aromatic carbocycles. The van der Waals surface area contributed by atoms with Crippen molar-refractivity contribution >= 4 is 17.4 Å². The van der Waals surface area contributed by atoms with Crippen LogP contribution in [-0.2, 0) is 6.54 Å². The third kappa shape index (κ3) is 4.41. The van der Waals surface area contributed by atoms with Crippen molar-refractivity contribution in [1.82, 2.24) is 19.2 Å². The minimum Gasteiger partial charge on any atom is -0.387 e. The van der Waals surface area contributed by atoms with Gasteiger partial charge in [0.05, 0.1) is 17.8 Å². The zero-order valence-electron chi connectivity index (χ0n) is 16.9. The molecule has 1 fully saturated rings. The number of anilines is 1. The van der Waals surface area contributed by atoms with Crippen LogP contribution in [0.2, 0.25) is 0 Å². The van der Waals surface area contributed by atoms with Crippen LogP contribution < -0.4 is 5.32 Å². The Balaban J connectivity index is 1.35. The maximum absolute atomic E-state index is 12.7. The molecule has 4 rings (SSSR count). The fraction of sp³-hybridized carbons (Fsp3) is 0.364. The quantitative estimate of drug-likeness (QED) is 0.699. The van der Waals surface area contributed by atoms with E-state index in [0.29, 0.717) is 18.7 Å². The highest BCUT2D eigenvalue weighted by molar-refractivity contribution is 5.89. The topological polar surface area (TPSA) is 73.1 Å². The van der Waals surface area contributed by atoms with Crippen molar-refractivity contribution in [2.75, 3.05) is 32.0 Å². The first-order valence-electron chi connectivity index (χ1n) is 9.86. The standard InChI is InChI=1S/C22H27N5O2/c1-17-12-19(14-27-11-9-23-20(17)27)24-21(28)25(2)15-22(29)8-10-26(16-22)13-18-6-4-3-5-7-18/h3-7,9,11-12,14,29H,8,10,13,15-16H2,1-2H3,(H,24,28). The van der Waals surface area contributed by atoms with Gasteiger partial charge < -0.3 is 19.7 Å². The number of fused-ring (bicyclic) bond motifs is 1. The number of β-amino-alcohol motifs (C(OH)–C–C–N with tert-alkyl or cyclic N) is 1. The van der Waals surface area contributed by atoms with Crippen molar-refractivity contribution in [2.24, 2.45) is 0 Å². The molecule has 0 bridgehead atoms. The van der Waals surface area contributed by atoms with Crippen LogP contribution in [0.5, 0.6) is 0 Å². The van der Waals surface area contributed by atoms with Gasteiger partial charge in [0.15, 0.2) is 0 Å². The van der Waals surface area contributed by atoms with E-state index < -0.39 is 5.60 Å². The smallest absolute Gasteiger partial charge is 0.321 e. The summed E-state index contributed by atoms with van der Waals surface area (Å²) in [6.07, 6.45) is 6.08. The molecule has 152 valence electrons. The SMILES string of the molecule is Cc1cc(NC(=O)N(C)CC2(O)CCN(Cc3ccccc3)C2)cn2ccnc12. The van der Waals surface area contributed by atoms with E-state index in [1.54, 1.807) is 18.1 Å². The van der Waals surface area contributed by atoms with Crippen LogP contribution in [0.3, 0.4) is 0 Å². The van der Waals surface area contributed by atoms with Gasteiger partial charge in [-0.15, -0.1) is 0 Å². The first-order valence-corrected chi connectivity index (χ1v) is 9.86. The van der Waals surface area contributed by atoms with E-state index >= 15 is 0 Å². The lowest BCUT2D eigenvalue weighted by Crippen LogP contribution is -2.46. The molecule has 7 nitrogen and oxygen atoms in total. The summed E-state index contributed by atoms with van der Waals surface area (Å²) in [4.78, 5) is 20.7. The van der Waals surface area contributed by atoms with Crippen molar-refractivity contribution in [3.05, 3.63) is 66.1 Å². The lowest BCUT2D eigenvalue weighted by Gasteiger charge is -2.29. The van der Waals surface area contributed by atoms with Gasteiger partial charge in [-0.1, -0.05) is 30.3 Å². The average Bonchev–Trinajstić information content (AvgIpc) is 3.29. The molecular formula is C22H27N5O2. The molecule has 0 aliphatic carbocycles. The number of urea groups is 1. The Morgan fingerprint density at radius 3 is 2.93 bits per heavy atom. The van der Waals surface area contributed by atoms with Gasteiger partial charge in [0.1, 0.15) is 5.65 Å². The summed E-state index contributed by atoms with van der Waals surface area (Å²) >= 11 is 0. The van der Waals surface area contributed by atoms with E-state index in [9.17, 15) is 9.90 Å². The number of nitrogens with zero attached hydrogens (tertiary/aromatic N) is 4.